The number of carboxylic acid groups (broad SMARTS) is 1. The fourth-order valence-electron chi connectivity index (χ4n) is 5.37. The van der Waals surface area contributed by atoms with E-state index in [0.29, 0.717) is 16.9 Å². The van der Waals surface area contributed by atoms with Gasteiger partial charge in [0.2, 0.25) is 12.3 Å². The number of carboxylic acids is 1. The SMILES string of the molecule is O=C(O)CC(=O)Nc1ccc2c(c1)C(O)N1CCN(c3c(F)cc(N4C[C@H](CNC(=O)C(F)F)OC4O)cc3F)CCN21. The highest BCUT2D eigenvalue weighted by molar-refractivity contribution is 6.01. The molecule has 17 heteroatoms. The average molecular weight is 613 g/mol. The first-order valence-corrected chi connectivity index (χ1v) is 13.2. The Hall–Kier alpha value is -4.19. The molecule has 2 saturated heterocycles. The van der Waals surface area contributed by atoms with Crippen LogP contribution in [-0.2, 0) is 19.1 Å². The number of aliphatic carboxylic acids is 1. The van der Waals surface area contributed by atoms with E-state index in [4.69, 9.17) is 9.84 Å². The van der Waals surface area contributed by atoms with E-state index in [2.05, 4.69) is 5.32 Å². The van der Waals surface area contributed by atoms with Gasteiger partial charge in [-0.1, -0.05) is 0 Å². The van der Waals surface area contributed by atoms with Gasteiger partial charge in [-0.3, -0.25) is 14.4 Å². The molecular weight excluding hydrogens is 584 g/mol. The van der Waals surface area contributed by atoms with Crippen LogP contribution >= 0.6 is 0 Å². The second-order valence-corrected chi connectivity index (χ2v) is 10.1. The molecule has 13 nitrogen and oxygen atoms in total. The van der Waals surface area contributed by atoms with Crippen LogP contribution < -0.4 is 25.4 Å². The Kier molecular flexibility index (Phi) is 8.59. The number of nitrogens with zero attached hydrogens (tertiary/aromatic N) is 4. The topological polar surface area (TPSA) is 158 Å². The number of alkyl halides is 2. The molecule has 3 atom stereocenters. The van der Waals surface area contributed by atoms with Gasteiger partial charge in [0.05, 0.1) is 24.9 Å². The van der Waals surface area contributed by atoms with E-state index in [-0.39, 0.29) is 50.6 Å². The number of anilines is 4. The van der Waals surface area contributed by atoms with E-state index < -0.39 is 61.0 Å². The van der Waals surface area contributed by atoms with Crippen molar-refractivity contribution in [3.8, 4) is 0 Å². The summed E-state index contributed by atoms with van der Waals surface area (Å²) in [6.45, 7) is 0.226. The number of aliphatic hydroxyl groups is 2. The van der Waals surface area contributed by atoms with Crippen LogP contribution in [0.5, 0.6) is 0 Å². The van der Waals surface area contributed by atoms with Gasteiger partial charge in [-0.25, -0.2) is 8.78 Å². The second-order valence-electron chi connectivity index (χ2n) is 10.1. The van der Waals surface area contributed by atoms with Crippen molar-refractivity contribution in [1.82, 2.24) is 10.3 Å². The van der Waals surface area contributed by atoms with Crippen molar-refractivity contribution in [2.45, 2.75) is 31.6 Å². The molecule has 0 spiro atoms. The van der Waals surface area contributed by atoms with Gasteiger partial charge in [0.15, 0.2) is 17.9 Å². The monoisotopic (exact) mass is 612 g/mol. The van der Waals surface area contributed by atoms with Gasteiger partial charge >= 0.3 is 12.4 Å². The number of benzene rings is 2. The van der Waals surface area contributed by atoms with E-state index in [1.165, 1.54) is 11.0 Å². The lowest BCUT2D eigenvalue weighted by Crippen LogP contribution is -2.40. The molecule has 0 bridgehead atoms. The highest BCUT2D eigenvalue weighted by Gasteiger charge is 2.38. The number of halogens is 4. The normalized spacial score (nSPS) is 21.9. The maximum absolute atomic E-state index is 15.4. The molecule has 0 aliphatic carbocycles. The highest BCUT2D eigenvalue weighted by atomic mass is 19.3. The molecule has 43 heavy (non-hydrogen) atoms. The molecule has 2 aromatic rings. The summed E-state index contributed by atoms with van der Waals surface area (Å²) >= 11 is 0. The van der Waals surface area contributed by atoms with Crippen LogP contribution in [0.25, 0.3) is 0 Å². The van der Waals surface area contributed by atoms with Crippen molar-refractivity contribution in [2.24, 2.45) is 0 Å². The number of amides is 2. The van der Waals surface area contributed by atoms with E-state index in [9.17, 15) is 33.4 Å². The van der Waals surface area contributed by atoms with Crippen LogP contribution in [-0.4, -0.2) is 96.3 Å². The summed E-state index contributed by atoms with van der Waals surface area (Å²) in [6, 6.07) is 6.78. The third-order valence-electron chi connectivity index (χ3n) is 7.29. The molecule has 2 unspecified atom stereocenters. The molecule has 232 valence electrons. The third-order valence-corrected chi connectivity index (χ3v) is 7.29. The van der Waals surface area contributed by atoms with Gasteiger partial charge in [0.1, 0.15) is 12.1 Å². The van der Waals surface area contributed by atoms with Crippen LogP contribution in [0, 0.1) is 11.6 Å². The van der Waals surface area contributed by atoms with Crippen molar-refractivity contribution in [2.75, 3.05) is 59.4 Å². The summed E-state index contributed by atoms with van der Waals surface area (Å²) in [7, 11) is 0. The summed E-state index contributed by atoms with van der Waals surface area (Å²) in [4.78, 5) is 36.3. The van der Waals surface area contributed by atoms with Gasteiger partial charge in [-0.2, -0.15) is 13.8 Å². The van der Waals surface area contributed by atoms with Gasteiger partial charge in [-0.05, 0) is 30.3 Å². The number of fused-ring (bicyclic) bond motifs is 3. The maximum atomic E-state index is 15.4. The number of aliphatic hydroxyl groups excluding tert-OH is 2. The molecule has 2 amide bonds. The summed E-state index contributed by atoms with van der Waals surface area (Å²) in [5, 5.41) is 37.8. The predicted molar refractivity (Wildman–Crippen MR) is 142 cm³/mol. The van der Waals surface area contributed by atoms with Crippen LogP contribution in [0.2, 0.25) is 0 Å². The Labute approximate surface area is 241 Å². The predicted octanol–water partition coefficient (Wildman–Crippen LogP) is 0.789. The molecule has 3 heterocycles. The first-order chi connectivity index (χ1) is 20.4. The van der Waals surface area contributed by atoms with Crippen molar-refractivity contribution in [1.29, 1.82) is 0 Å². The van der Waals surface area contributed by atoms with Crippen LogP contribution in [0.3, 0.4) is 0 Å². The van der Waals surface area contributed by atoms with Crippen LogP contribution in [0.15, 0.2) is 30.3 Å². The molecule has 5 N–H and O–H groups in total. The lowest BCUT2D eigenvalue weighted by molar-refractivity contribution is -0.139. The minimum Gasteiger partial charge on any atom is -0.481 e. The van der Waals surface area contributed by atoms with Gasteiger partial charge < -0.3 is 45.5 Å². The number of nitrogens with one attached hydrogen (secondary N) is 2. The van der Waals surface area contributed by atoms with Crippen LogP contribution in [0.4, 0.5) is 40.3 Å². The van der Waals surface area contributed by atoms with Gasteiger partial charge in [0.25, 0.3) is 5.91 Å². The zero-order valence-electron chi connectivity index (χ0n) is 22.4. The lowest BCUT2D eigenvalue weighted by atomic mass is 10.1. The molecule has 0 aromatic heterocycles. The summed E-state index contributed by atoms with van der Waals surface area (Å²) in [6.07, 6.45) is -7.58. The first kappa shape index (κ1) is 30.3. The minimum absolute atomic E-state index is 0.0521. The third kappa shape index (κ3) is 6.29. The Morgan fingerprint density at radius 3 is 2.40 bits per heavy atom. The molecule has 5 rings (SSSR count). The Balaban J connectivity index is 1.26. The van der Waals surface area contributed by atoms with Crippen molar-refractivity contribution in [3.05, 3.63) is 47.5 Å². The first-order valence-electron chi connectivity index (χ1n) is 13.2. The van der Waals surface area contributed by atoms with E-state index in [0.717, 1.165) is 17.0 Å². The number of hydrogen-bond acceptors (Lipinski definition) is 10. The van der Waals surface area contributed by atoms with Crippen LogP contribution in [0.1, 0.15) is 18.2 Å². The molecule has 2 aromatic carbocycles. The summed E-state index contributed by atoms with van der Waals surface area (Å²) in [5.41, 5.74) is 1.04. The zero-order valence-corrected chi connectivity index (χ0v) is 22.4. The summed E-state index contributed by atoms with van der Waals surface area (Å²) in [5.74, 6) is -5.34. The Morgan fingerprint density at radius 1 is 1.02 bits per heavy atom. The number of hydrazine groups is 1. The Morgan fingerprint density at radius 2 is 1.72 bits per heavy atom. The molecule has 0 saturated carbocycles. The summed E-state index contributed by atoms with van der Waals surface area (Å²) < 4.78 is 60.8. The fourth-order valence-corrected chi connectivity index (χ4v) is 5.37. The molecular formula is C26H28F4N6O7. The van der Waals surface area contributed by atoms with Gasteiger partial charge in [-0.15, -0.1) is 0 Å². The van der Waals surface area contributed by atoms with Crippen molar-refractivity contribution in [3.63, 3.8) is 0 Å². The number of carbonyl (C=O) groups is 3. The number of ether oxygens (including phenoxy) is 1. The number of carbonyl (C=O) groups excluding carboxylic acids is 2. The maximum Gasteiger partial charge on any atom is 0.315 e. The number of rotatable bonds is 8. The Bertz CT molecular complexity index is 1400. The molecule has 3 aliphatic rings. The quantitative estimate of drug-likeness (QED) is 0.212. The van der Waals surface area contributed by atoms with E-state index in [1.54, 1.807) is 22.2 Å². The molecule has 0 radical (unpaired) electrons. The lowest BCUT2D eigenvalue weighted by Gasteiger charge is -2.29. The smallest absolute Gasteiger partial charge is 0.315 e. The molecule has 2 fully saturated rings. The fraction of sp³-hybridized carbons (Fsp3) is 0.423. The minimum atomic E-state index is -3.22. The van der Waals surface area contributed by atoms with Crippen molar-refractivity contribution < 1.29 is 52.0 Å². The zero-order chi connectivity index (χ0) is 31.0. The largest absolute Gasteiger partial charge is 0.481 e. The van der Waals surface area contributed by atoms with E-state index in [1.807, 2.05) is 5.32 Å². The second kappa shape index (κ2) is 12.2. The van der Waals surface area contributed by atoms with E-state index >= 15 is 8.78 Å². The highest BCUT2D eigenvalue weighted by Crippen LogP contribution is 2.41. The average Bonchev–Trinajstić information content (AvgIpc) is 3.33. The standard InChI is InChI=1S/C26H28F4N6O7/c27-17-8-14(34-12-15(43-26(34)42)11-31-24(40)23(29)30)9-18(28)22(17)33-3-5-35-19-2-1-13(32-20(37)10-21(38)39)7-16(19)25(41)36(35)6-4-33/h1-2,7-9,15,23,25-26,41-42H,3-6,10-12H2,(H,31,40)(H,32,37)(H,38,39)/t15-,25?,26?/m0/s1. The van der Waals surface area contributed by atoms with Crippen molar-refractivity contribution >= 4 is 40.5 Å². The number of hydrogen-bond donors (Lipinski definition) is 5. The van der Waals surface area contributed by atoms with Gasteiger partial charge in [0, 0.05) is 43.1 Å². The molecule has 3 aliphatic heterocycles.